The minimum Gasteiger partial charge on any atom is -1.00 e. The highest BCUT2D eigenvalue weighted by Crippen LogP contribution is 2.30. The number of nitro groups is 1. The molecule has 106 valence electrons. The van der Waals surface area contributed by atoms with Gasteiger partial charge in [0.2, 0.25) is 5.79 Å². The Bertz CT molecular complexity index is 463. The molecule has 1 aromatic carbocycles. The fourth-order valence-corrected chi connectivity index (χ4v) is 2.18. The monoisotopic (exact) mass is 332 g/mol. The van der Waals surface area contributed by atoms with Crippen molar-refractivity contribution in [1.82, 2.24) is 0 Å². The number of aliphatic hydroxyl groups is 1. The summed E-state index contributed by atoms with van der Waals surface area (Å²) in [4.78, 5) is 10.1. The predicted molar refractivity (Wildman–Crippen MR) is 64.8 cm³/mol. The van der Waals surface area contributed by atoms with E-state index >= 15 is 0 Å². The van der Waals surface area contributed by atoms with Gasteiger partial charge < -0.3 is 31.3 Å². The smallest absolute Gasteiger partial charge is 0.269 e. The molecular weight excluding hydrogens is 316 g/mol. The molecule has 1 fully saturated rings. The number of nitrogens with zero attached hydrogens (tertiary/aromatic N) is 2. The number of rotatable bonds is 2. The van der Waals surface area contributed by atoms with Crippen LogP contribution in [0.1, 0.15) is 5.56 Å². The van der Waals surface area contributed by atoms with Crippen LogP contribution in [0.3, 0.4) is 0 Å². The number of likely N-dealkylation sites (N-methyl/N-ethyl adjacent to an activating group) is 1. The summed E-state index contributed by atoms with van der Waals surface area (Å²) >= 11 is 0. The van der Waals surface area contributed by atoms with Crippen molar-refractivity contribution in [2.75, 3.05) is 33.8 Å². The van der Waals surface area contributed by atoms with Crippen LogP contribution in [0.4, 0.5) is 5.69 Å². The summed E-state index contributed by atoms with van der Waals surface area (Å²) in [7, 11) is 4.03. The number of quaternary nitrogens is 1. The van der Waals surface area contributed by atoms with E-state index in [9.17, 15) is 15.2 Å². The van der Waals surface area contributed by atoms with Gasteiger partial charge in [0.25, 0.3) is 5.69 Å². The summed E-state index contributed by atoms with van der Waals surface area (Å²) < 4.78 is 6.10. The molecule has 6 nitrogen and oxygen atoms in total. The maximum Gasteiger partial charge on any atom is 0.269 e. The molecule has 1 aromatic rings. The summed E-state index contributed by atoms with van der Waals surface area (Å²) in [5.74, 6) is -1.36. The van der Waals surface area contributed by atoms with E-state index in [1.807, 2.05) is 14.1 Å². The first-order chi connectivity index (χ1) is 8.32. The van der Waals surface area contributed by atoms with E-state index in [1.165, 1.54) is 12.1 Å². The van der Waals surface area contributed by atoms with Crippen molar-refractivity contribution in [3.63, 3.8) is 0 Å². The van der Waals surface area contributed by atoms with Crippen LogP contribution >= 0.6 is 0 Å². The minimum atomic E-state index is -1.36. The van der Waals surface area contributed by atoms with Crippen molar-refractivity contribution in [1.29, 1.82) is 0 Å². The van der Waals surface area contributed by atoms with E-state index in [2.05, 4.69) is 0 Å². The lowest BCUT2D eigenvalue weighted by Crippen LogP contribution is -3.00. The fourth-order valence-electron chi connectivity index (χ4n) is 2.18. The highest BCUT2D eigenvalue weighted by molar-refractivity contribution is 5.34. The number of halogens is 1. The molecule has 1 saturated heterocycles. The Morgan fingerprint density at radius 1 is 1.37 bits per heavy atom. The molecule has 7 heteroatoms. The van der Waals surface area contributed by atoms with Gasteiger partial charge in [0.05, 0.1) is 25.6 Å². The van der Waals surface area contributed by atoms with E-state index in [0.717, 1.165) is 6.54 Å². The SMILES string of the molecule is C[N+]1(C)CCO[C@@](O)(c2ccc([N+](=O)[O-])cc2)C1.[Br-]. The van der Waals surface area contributed by atoms with Gasteiger partial charge in [0, 0.05) is 17.7 Å². The zero-order valence-corrected chi connectivity index (χ0v) is 12.5. The summed E-state index contributed by atoms with van der Waals surface area (Å²) in [5, 5.41) is 21.1. The third-order valence-corrected chi connectivity index (χ3v) is 3.21. The van der Waals surface area contributed by atoms with Crippen LogP contribution in [0.5, 0.6) is 0 Å². The molecule has 1 N–H and O–H groups in total. The Hall–Kier alpha value is -1.02. The van der Waals surface area contributed by atoms with Crippen molar-refractivity contribution < 1.29 is 36.2 Å². The number of morpholine rings is 1. The van der Waals surface area contributed by atoms with Crippen LogP contribution in [-0.4, -0.2) is 48.3 Å². The van der Waals surface area contributed by atoms with Gasteiger partial charge in [-0.15, -0.1) is 0 Å². The Balaban J connectivity index is 0.00000180. The van der Waals surface area contributed by atoms with Crippen molar-refractivity contribution in [2.24, 2.45) is 0 Å². The quantitative estimate of drug-likeness (QED) is 0.381. The van der Waals surface area contributed by atoms with Gasteiger partial charge in [-0.1, -0.05) is 0 Å². The third-order valence-electron chi connectivity index (χ3n) is 3.21. The van der Waals surface area contributed by atoms with Gasteiger partial charge in [-0.2, -0.15) is 0 Å². The number of hydrogen-bond acceptors (Lipinski definition) is 4. The predicted octanol–water partition coefficient (Wildman–Crippen LogP) is -2.15. The second kappa shape index (κ2) is 5.54. The van der Waals surface area contributed by atoms with Crippen molar-refractivity contribution in [2.45, 2.75) is 5.79 Å². The molecule has 0 aliphatic carbocycles. The van der Waals surface area contributed by atoms with E-state index in [4.69, 9.17) is 4.74 Å². The van der Waals surface area contributed by atoms with Gasteiger partial charge in [0.1, 0.15) is 13.1 Å². The molecule has 0 amide bonds. The van der Waals surface area contributed by atoms with Gasteiger partial charge in [-0.3, -0.25) is 10.1 Å². The number of benzene rings is 1. The standard InChI is InChI=1S/C12H17N2O4.BrH/c1-14(2)7-8-18-12(15,9-14)10-3-5-11(6-4-10)13(16)17;/h3-6,15H,7-9H2,1-2H3;1H/q+1;/p-1/t12-;/m1./s1. The Labute approximate surface area is 122 Å². The molecule has 2 rings (SSSR count). The van der Waals surface area contributed by atoms with Crippen LogP contribution in [-0.2, 0) is 10.5 Å². The maximum absolute atomic E-state index is 10.6. The number of nitro benzene ring substituents is 1. The van der Waals surface area contributed by atoms with Gasteiger partial charge >= 0.3 is 0 Å². The molecule has 0 radical (unpaired) electrons. The fraction of sp³-hybridized carbons (Fsp3) is 0.500. The molecule has 0 bridgehead atoms. The summed E-state index contributed by atoms with van der Waals surface area (Å²) in [6.07, 6.45) is 0. The third kappa shape index (κ3) is 3.50. The lowest BCUT2D eigenvalue weighted by molar-refractivity contribution is -0.912. The topological polar surface area (TPSA) is 72.6 Å². The Kier molecular flexibility index (Phi) is 4.67. The first-order valence-electron chi connectivity index (χ1n) is 5.76. The van der Waals surface area contributed by atoms with Gasteiger partial charge in [-0.05, 0) is 12.1 Å². The average Bonchev–Trinajstić information content (AvgIpc) is 2.27. The van der Waals surface area contributed by atoms with E-state index in [0.29, 0.717) is 23.2 Å². The molecule has 19 heavy (non-hydrogen) atoms. The van der Waals surface area contributed by atoms with E-state index < -0.39 is 10.7 Å². The number of hydrogen-bond donors (Lipinski definition) is 1. The number of non-ortho nitro benzene ring substituents is 1. The van der Waals surface area contributed by atoms with Crippen molar-refractivity contribution in [3.05, 3.63) is 39.9 Å². The van der Waals surface area contributed by atoms with Crippen LogP contribution in [0.2, 0.25) is 0 Å². The highest BCUT2D eigenvalue weighted by Gasteiger charge is 2.42. The van der Waals surface area contributed by atoms with E-state index in [1.54, 1.807) is 12.1 Å². The molecule has 1 aliphatic heterocycles. The second-order valence-corrected chi connectivity index (χ2v) is 5.25. The molecule has 1 aliphatic rings. The average molecular weight is 333 g/mol. The van der Waals surface area contributed by atoms with Crippen LogP contribution in [0, 0.1) is 10.1 Å². The van der Waals surface area contributed by atoms with Crippen molar-refractivity contribution in [3.8, 4) is 0 Å². The Morgan fingerprint density at radius 2 is 1.95 bits per heavy atom. The molecule has 0 unspecified atom stereocenters. The van der Waals surface area contributed by atoms with Gasteiger partial charge in [0.15, 0.2) is 0 Å². The molecule has 1 atom stereocenters. The summed E-state index contributed by atoms with van der Waals surface area (Å²) in [6.45, 7) is 1.71. The molecule has 0 spiro atoms. The lowest BCUT2D eigenvalue weighted by Gasteiger charge is -2.42. The second-order valence-electron chi connectivity index (χ2n) is 5.25. The largest absolute Gasteiger partial charge is 1.00 e. The van der Waals surface area contributed by atoms with Crippen molar-refractivity contribution >= 4 is 5.69 Å². The molecule has 0 saturated carbocycles. The maximum atomic E-state index is 10.6. The first-order valence-corrected chi connectivity index (χ1v) is 5.76. The first kappa shape index (κ1) is 16.0. The summed E-state index contributed by atoms with van der Waals surface area (Å²) in [6, 6.07) is 5.85. The number of ether oxygens (including phenoxy) is 1. The van der Waals surface area contributed by atoms with E-state index in [-0.39, 0.29) is 22.7 Å². The molecule has 0 aromatic heterocycles. The van der Waals surface area contributed by atoms with Crippen LogP contribution in [0.15, 0.2) is 24.3 Å². The minimum absolute atomic E-state index is 0. The molecule has 1 heterocycles. The summed E-state index contributed by atoms with van der Waals surface area (Å²) in [5.41, 5.74) is 0.561. The van der Waals surface area contributed by atoms with Crippen LogP contribution < -0.4 is 17.0 Å². The lowest BCUT2D eigenvalue weighted by atomic mass is 10.0. The van der Waals surface area contributed by atoms with Crippen LogP contribution in [0.25, 0.3) is 0 Å². The van der Waals surface area contributed by atoms with Gasteiger partial charge in [-0.25, -0.2) is 0 Å². The zero-order valence-electron chi connectivity index (χ0n) is 10.9. The zero-order chi connectivity index (χ0) is 13.4. The highest BCUT2D eigenvalue weighted by atomic mass is 79.9. The Morgan fingerprint density at radius 3 is 2.42 bits per heavy atom. The molecular formula is C12H17BrN2O4. The normalized spacial score (nSPS) is 25.4.